The SMILES string of the molecule is CNC(c1c(OC)cccc1OC)C1CCC(C)C(C)C1. The fourth-order valence-electron chi connectivity index (χ4n) is 3.69. The quantitative estimate of drug-likeness (QED) is 0.888. The Labute approximate surface area is 129 Å². The van der Waals surface area contributed by atoms with Crippen molar-refractivity contribution >= 4 is 0 Å². The minimum absolute atomic E-state index is 0.283. The molecular formula is C18H29NO2. The lowest BCUT2D eigenvalue weighted by Crippen LogP contribution is -2.32. The lowest BCUT2D eigenvalue weighted by atomic mass is 9.72. The number of hydrogen-bond acceptors (Lipinski definition) is 3. The average Bonchev–Trinajstić information content (AvgIpc) is 2.51. The minimum atomic E-state index is 0.283. The largest absolute Gasteiger partial charge is 0.496 e. The van der Waals surface area contributed by atoms with Gasteiger partial charge in [-0.05, 0) is 49.8 Å². The summed E-state index contributed by atoms with van der Waals surface area (Å²) < 4.78 is 11.2. The monoisotopic (exact) mass is 291 g/mol. The van der Waals surface area contributed by atoms with Crippen molar-refractivity contribution in [3.05, 3.63) is 23.8 Å². The molecule has 118 valence electrons. The van der Waals surface area contributed by atoms with E-state index in [2.05, 4.69) is 19.2 Å². The van der Waals surface area contributed by atoms with Gasteiger partial charge < -0.3 is 14.8 Å². The second-order valence-corrected chi connectivity index (χ2v) is 6.37. The molecule has 1 fully saturated rings. The number of ether oxygens (including phenoxy) is 2. The van der Waals surface area contributed by atoms with Crippen molar-refractivity contribution in [2.24, 2.45) is 17.8 Å². The van der Waals surface area contributed by atoms with E-state index in [0.717, 1.165) is 28.9 Å². The van der Waals surface area contributed by atoms with Crippen LogP contribution in [0, 0.1) is 17.8 Å². The molecule has 1 saturated carbocycles. The summed E-state index contributed by atoms with van der Waals surface area (Å²) in [6, 6.07) is 6.32. The molecular weight excluding hydrogens is 262 g/mol. The fourth-order valence-corrected chi connectivity index (χ4v) is 3.69. The third-order valence-electron chi connectivity index (χ3n) is 5.20. The summed E-state index contributed by atoms with van der Waals surface area (Å²) in [4.78, 5) is 0. The van der Waals surface area contributed by atoms with Gasteiger partial charge in [-0.1, -0.05) is 26.3 Å². The Hall–Kier alpha value is -1.22. The van der Waals surface area contributed by atoms with Crippen LogP contribution in [0.5, 0.6) is 11.5 Å². The molecule has 2 rings (SSSR count). The van der Waals surface area contributed by atoms with Crippen molar-refractivity contribution in [2.45, 2.75) is 39.2 Å². The maximum atomic E-state index is 5.59. The van der Waals surface area contributed by atoms with Gasteiger partial charge in [0.05, 0.1) is 19.8 Å². The Balaban J connectivity index is 2.33. The van der Waals surface area contributed by atoms with Crippen LogP contribution in [0.3, 0.4) is 0 Å². The molecule has 0 aliphatic heterocycles. The Bertz CT molecular complexity index is 438. The summed E-state index contributed by atoms with van der Waals surface area (Å²) in [7, 11) is 5.51. The Morgan fingerprint density at radius 2 is 1.67 bits per heavy atom. The third-order valence-corrected chi connectivity index (χ3v) is 5.20. The Morgan fingerprint density at radius 3 is 2.14 bits per heavy atom. The van der Waals surface area contributed by atoms with Crippen LogP contribution in [0.2, 0.25) is 0 Å². The van der Waals surface area contributed by atoms with Crippen LogP contribution in [-0.4, -0.2) is 21.3 Å². The molecule has 1 aliphatic carbocycles. The van der Waals surface area contributed by atoms with Crippen LogP contribution in [0.15, 0.2) is 18.2 Å². The Kier molecular flexibility index (Phi) is 5.51. The molecule has 1 aromatic rings. The van der Waals surface area contributed by atoms with Gasteiger partial charge in [0.25, 0.3) is 0 Å². The molecule has 4 atom stereocenters. The van der Waals surface area contributed by atoms with E-state index >= 15 is 0 Å². The van der Waals surface area contributed by atoms with E-state index < -0.39 is 0 Å². The molecule has 21 heavy (non-hydrogen) atoms. The first-order valence-electron chi connectivity index (χ1n) is 8.00. The first kappa shape index (κ1) is 16.2. The predicted molar refractivity (Wildman–Crippen MR) is 87.0 cm³/mol. The average molecular weight is 291 g/mol. The summed E-state index contributed by atoms with van der Waals surface area (Å²) in [6.07, 6.45) is 3.83. The zero-order valence-electron chi connectivity index (χ0n) is 14.0. The molecule has 1 aliphatic rings. The van der Waals surface area contributed by atoms with E-state index in [1.165, 1.54) is 19.3 Å². The van der Waals surface area contributed by atoms with E-state index in [1.54, 1.807) is 14.2 Å². The van der Waals surface area contributed by atoms with Crippen molar-refractivity contribution in [3.63, 3.8) is 0 Å². The molecule has 0 amide bonds. The highest BCUT2D eigenvalue weighted by Crippen LogP contribution is 2.44. The highest BCUT2D eigenvalue weighted by Gasteiger charge is 2.33. The van der Waals surface area contributed by atoms with Crippen molar-refractivity contribution in [3.8, 4) is 11.5 Å². The number of benzene rings is 1. The summed E-state index contributed by atoms with van der Waals surface area (Å²) in [5.41, 5.74) is 1.16. The molecule has 0 radical (unpaired) electrons. The summed E-state index contributed by atoms with van der Waals surface area (Å²) >= 11 is 0. The number of rotatable bonds is 5. The van der Waals surface area contributed by atoms with Crippen LogP contribution in [0.4, 0.5) is 0 Å². The van der Waals surface area contributed by atoms with E-state index in [9.17, 15) is 0 Å². The number of hydrogen-bond donors (Lipinski definition) is 1. The standard InChI is InChI=1S/C18H29NO2/c1-12-9-10-14(11-13(12)2)18(19-3)17-15(20-4)7-6-8-16(17)21-5/h6-8,12-14,18-19H,9-11H2,1-5H3. The van der Waals surface area contributed by atoms with Gasteiger partial charge in [0, 0.05) is 6.04 Å². The van der Waals surface area contributed by atoms with Crippen LogP contribution < -0.4 is 14.8 Å². The van der Waals surface area contributed by atoms with Crippen LogP contribution in [0.1, 0.15) is 44.7 Å². The lowest BCUT2D eigenvalue weighted by molar-refractivity contribution is 0.171. The minimum Gasteiger partial charge on any atom is -0.496 e. The normalized spacial score (nSPS) is 27.2. The van der Waals surface area contributed by atoms with E-state index in [1.807, 2.05) is 25.2 Å². The van der Waals surface area contributed by atoms with Gasteiger partial charge in [0.1, 0.15) is 11.5 Å². The van der Waals surface area contributed by atoms with Crippen molar-refractivity contribution in [1.82, 2.24) is 5.32 Å². The van der Waals surface area contributed by atoms with Gasteiger partial charge in [-0.15, -0.1) is 0 Å². The lowest BCUT2D eigenvalue weighted by Gasteiger charge is -2.37. The van der Waals surface area contributed by atoms with Crippen molar-refractivity contribution < 1.29 is 9.47 Å². The molecule has 4 unspecified atom stereocenters. The molecule has 0 saturated heterocycles. The van der Waals surface area contributed by atoms with Crippen LogP contribution in [0.25, 0.3) is 0 Å². The molecule has 3 nitrogen and oxygen atoms in total. The maximum Gasteiger partial charge on any atom is 0.127 e. The molecule has 0 aromatic heterocycles. The Morgan fingerprint density at radius 1 is 1.05 bits per heavy atom. The zero-order valence-corrected chi connectivity index (χ0v) is 14.0. The molecule has 3 heteroatoms. The molecule has 1 N–H and O–H groups in total. The van der Waals surface area contributed by atoms with Crippen molar-refractivity contribution in [2.75, 3.05) is 21.3 Å². The van der Waals surface area contributed by atoms with Gasteiger partial charge in [-0.2, -0.15) is 0 Å². The molecule has 0 spiro atoms. The summed E-state index contributed by atoms with van der Waals surface area (Å²) in [5, 5.41) is 3.51. The molecule has 1 aromatic carbocycles. The van der Waals surface area contributed by atoms with E-state index in [-0.39, 0.29) is 6.04 Å². The predicted octanol–water partition coefficient (Wildman–Crippen LogP) is 4.04. The fraction of sp³-hybridized carbons (Fsp3) is 0.667. The van der Waals surface area contributed by atoms with E-state index in [4.69, 9.17) is 9.47 Å². The topological polar surface area (TPSA) is 30.5 Å². The zero-order chi connectivity index (χ0) is 15.4. The van der Waals surface area contributed by atoms with Gasteiger partial charge in [-0.25, -0.2) is 0 Å². The second-order valence-electron chi connectivity index (χ2n) is 6.37. The highest BCUT2D eigenvalue weighted by atomic mass is 16.5. The first-order chi connectivity index (χ1) is 10.1. The number of nitrogens with one attached hydrogen (secondary N) is 1. The smallest absolute Gasteiger partial charge is 0.127 e. The van der Waals surface area contributed by atoms with E-state index in [0.29, 0.717) is 5.92 Å². The van der Waals surface area contributed by atoms with Crippen LogP contribution >= 0.6 is 0 Å². The molecule has 0 bridgehead atoms. The molecule has 0 heterocycles. The first-order valence-corrected chi connectivity index (χ1v) is 8.00. The summed E-state index contributed by atoms with van der Waals surface area (Å²) in [5.74, 6) is 4.07. The second kappa shape index (κ2) is 7.17. The van der Waals surface area contributed by atoms with Gasteiger partial charge in [-0.3, -0.25) is 0 Å². The van der Waals surface area contributed by atoms with Gasteiger partial charge in [0.15, 0.2) is 0 Å². The summed E-state index contributed by atoms with van der Waals surface area (Å²) in [6.45, 7) is 4.75. The van der Waals surface area contributed by atoms with Gasteiger partial charge >= 0.3 is 0 Å². The van der Waals surface area contributed by atoms with Gasteiger partial charge in [0.2, 0.25) is 0 Å². The highest BCUT2D eigenvalue weighted by molar-refractivity contribution is 5.47. The van der Waals surface area contributed by atoms with Crippen LogP contribution in [-0.2, 0) is 0 Å². The maximum absolute atomic E-state index is 5.59. The third kappa shape index (κ3) is 3.34. The number of methoxy groups -OCH3 is 2. The van der Waals surface area contributed by atoms with Crippen molar-refractivity contribution in [1.29, 1.82) is 0 Å².